The molecule has 2 heteroatoms. The first kappa shape index (κ1) is 12.6. The predicted molar refractivity (Wildman–Crippen MR) is 72.9 cm³/mol. The molecule has 3 N–H and O–H groups in total. The van der Waals surface area contributed by atoms with E-state index < -0.39 is 0 Å². The van der Waals surface area contributed by atoms with Crippen LogP contribution in [0.5, 0.6) is 0 Å². The lowest BCUT2D eigenvalue weighted by molar-refractivity contribution is 0.541. The van der Waals surface area contributed by atoms with Crippen LogP contribution in [0.1, 0.15) is 31.7 Å². The van der Waals surface area contributed by atoms with Crippen molar-refractivity contribution in [3.8, 4) is 0 Å². The van der Waals surface area contributed by atoms with Crippen molar-refractivity contribution in [3.63, 3.8) is 0 Å². The Morgan fingerprint density at radius 3 is 2.82 bits per heavy atom. The van der Waals surface area contributed by atoms with Crippen LogP contribution in [0.4, 0.5) is 0 Å². The summed E-state index contributed by atoms with van der Waals surface area (Å²) in [5, 5.41) is 3.59. The Kier molecular flexibility index (Phi) is 4.57. The molecular weight excluding hydrogens is 208 g/mol. The fraction of sp³-hybridized carbons (Fsp3) is 0.600. The maximum atomic E-state index is 6.14. The summed E-state index contributed by atoms with van der Waals surface area (Å²) in [5.74, 6) is 0.920. The first-order valence-electron chi connectivity index (χ1n) is 6.82. The zero-order chi connectivity index (χ0) is 12.1. The van der Waals surface area contributed by atoms with Crippen LogP contribution in [0.15, 0.2) is 30.3 Å². The molecule has 0 radical (unpaired) electrons. The molecule has 0 bridgehead atoms. The van der Waals surface area contributed by atoms with Gasteiger partial charge in [0.1, 0.15) is 0 Å². The lowest BCUT2D eigenvalue weighted by Gasteiger charge is -2.12. The van der Waals surface area contributed by atoms with E-state index in [9.17, 15) is 0 Å². The van der Waals surface area contributed by atoms with Gasteiger partial charge in [-0.3, -0.25) is 0 Å². The molecule has 94 valence electrons. The van der Waals surface area contributed by atoms with Gasteiger partial charge in [0, 0.05) is 18.6 Å². The molecule has 1 saturated carbocycles. The van der Waals surface area contributed by atoms with Gasteiger partial charge >= 0.3 is 0 Å². The molecular formula is C15H24N2. The second kappa shape index (κ2) is 6.18. The van der Waals surface area contributed by atoms with Gasteiger partial charge in [-0.05, 0) is 30.7 Å². The average Bonchev–Trinajstić information content (AvgIpc) is 3.07. The van der Waals surface area contributed by atoms with Crippen molar-refractivity contribution in [2.24, 2.45) is 11.7 Å². The lowest BCUT2D eigenvalue weighted by atomic mass is 10.1. The maximum Gasteiger partial charge on any atom is 0.0206 e. The van der Waals surface area contributed by atoms with Gasteiger partial charge in [0.05, 0.1) is 0 Å². The highest BCUT2D eigenvalue weighted by Crippen LogP contribution is 2.34. The van der Waals surface area contributed by atoms with Gasteiger partial charge in [0.2, 0.25) is 0 Å². The van der Waals surface area contributed by atoms with E-state index in [4.69, 9.17) is 5.73 Å². The first-order chi connectivity index (χ1) is 8.29. The van der Waals surface area contributed by atoms with E-state index in [1.54, 1.807) is 0 Å². The summed E-state index contributed by atoms with van der Waals surface area (Å²) in [6.45, 7) is 3.20. The minimum absolute atomic E-state index is 0.236. The van der Waals surface area contributed by atoms with E-state index in [1.165, 1.54) is 24.8 Å². The van der Waals surface area contributed by atoms with Gasteiger partial charge in [0.15, 0.2) is 0 Å². The van der Waals surface area contributed by atoms with Crippen LogP contribution in [-0.2, 0) is 6.42 Å². The van der Waals surface area contributed by atoms with Gasteiger partial charge in [-0.2, -0.15) is 0 Å². The van der Waals surface area contributed by atoms with Crippen LogP contribution in [0.2, 0.25) is 0 Å². The van der Waals surface area contributed by atoms with Crippen molar-refractivity contribution in [3.05, 3.63) is 35.9 Å². The number of benzene rings is 1. The van der Waals surface area contributed by atoms with Crippen LogP contribution in [-0.4, -0.2) is 18.6 Å². The van der Waals surface area contributed by atoms with Crippen LogP contribution >= 0.6 is 0 Å². The van der Waals surface area contributed by atoms with Gasteiger partial charge in [0.25, 0.3) is 0 Å². The largest absolute Gasteiger partial charge is 0.326 e. The van der Waals surface area contributed by atoms with E-state index in [2.05, 4.69) is 36.5 Å². The molecule has 0 aromatic heterocycles. The number of hydrogen-bond donors (Lipinski definition) is 2. The highest BCUT2D eigenvalue weighted by molar-refractivity contribution is 5.15. The third kappa shape index (κ3) is 4.14. The Morgan fingerprint density at radius 1 is 1.35 bits per heavy atom. The summed E-state index contributed by atoms with van der Waals surface area (Å²) in [4.78, 5) is 0. The Morgan fingerprint density at radius 2 is 2.12 bits per heavy atom. The lowest BCUT2D eigenvalue weighted by Crippen LogP contribution is -2.37. The minimum Gasteiger partial charge on any atom is -0.326 e. The fourth-order valence-electron chi connectivity index (χ4n) is 2.48. The van der Waals surface area contributed by atoms with E-state index in [0.29, 0.717) is 0 Å². The van der Waals surface area contributed by atoms with E-state index >= 15 is 0 Å². The molecule has 3 unspecified atom stereocenters. The molecule has 17 heavy (non-hydrogen) atoms. The second-order valence-electron chi connectivity index (χ2n) is 5.25. The smallest absolute Gasteiger partial charge is 0.0206 e. The molecule has 1 aliphatic carbocycles. The van der Waals surface area contributed by atoms with Crippen molar-refractivity contribution in [1.82, 2.24) is 5.32 Å². The first-order valence-corrected chi connectivity index (χ1v) is 6.82. The highest BCUT2D eigenvalue weighted by Gasteiger charge is 2.35. The topological polar surface area (TPSA) is 38.0 Å². The van der Waals surface area contributed by atoms with E-state index in [-0.39, 0.29) is 6.04 Å². The molecule has 0 aliphatic heterocycles. The van der Waals surface area contributed by atoms with Crippen molar-refractivity contribution in [1.29, 1.82) is 0 Å². The van der Waals surface area contributed by atoms with Crippen LogP contribution in [0.3, 0.4) is 0 Å². The van der Waals surface area contributed by atoms with Crippen molar-refractivity contribution in [2.45, 2.75) is 44.7 Å². The van der Waals surface area contributed by atoms with Gasteiger partial charge in [-0.25, -0.2) is 0 Å². The summed E-state index contributed by atoms with van der Waals surface area (Å²) >= 11 is 0. The molecule has 3 atom stereocenters. The molecule has 1 aliphatic rings. The molecule has 0 heterocycles. The summed E-state index contributed by atoms with van der Waals surface area (Å²) in [5.41, 5.74) is 7.47. The third-order valence-corrected chi connectivity index (χ3v) is 3.56. The summed E-state index contributed by atoms with van der Waals surface area (Å²) < 4.78 is 0. The van der Waals surface area contributed by atoms with Crippen LogP contribution in [0, 0.1) is 5.92 Å². The highest BCUT2D eigenvalue weighted by atomic mass is 15.0. The Labute approximate surface area is 105 Å². The van der Waals surface area contributed by atoms with Crippen molar-refractivity contribution < 1.29 is 0 Å². The van der Waals surface area contributed by atoms with Crippen molar-refractivity contribution in [2.75, 3.05) is 6.54 Å². The van der Waals surface area contributed by atoms with Gasteiger partial charge in [-0.1, -0.05) is 43.7 Å². The monoisotopic (exact) mass is 232 g/mol. The zero-order valence-electron chi connectivity index (χ0n) is 10.7. The molecule has 1 aromatic carbocycles. The number of nitrogens with two attached hydrogens (primary N) is 1. The quantitative estimate of drug-likeness (QED) is 0.757. The third-order valence-electron chi connectivity index (χ3n) is 3.56. The van der Waals surface area contributed by atoms with Crippen molar-refractivity contribution >= 4 is 0 Å². The predicted octanol–water partition coefficient (Wildman–Crippen LogP) is 2.33. The summed E-state index contributed by atoms with van der Waals surface area (Å²) in [6, 6.07) is 11.5. The SMILES string of the molecule is CCCC1CC1NCC(N)Cc1ccccc1. The molecule has 0 amide bonds. The summed E-state index contributed by atoms with van der Waals surface area (Å²) in [7, 11) is 0. The molecule has 0 saturated heterocycles. The van der Waals surface area contributed by atoms with Gasteiger partial charge in [-0.15, -0.1) is 0 Å². The van der Waals surface area contributed by atoms with Crippen LogP contribution in [0.25, 0.3) is 0 Å². The standard InChI is InChI=1S/C15H24N2/c1-2-6-13-10-15(13)17-11-14(16)9-12-7-4-3-5-8-12/h3-5,7-8,13-15,17H,2,6,9-11,16H2,1H3. The minimum atomic E-state index is 0.236. The van der Waals surface area contributed by atoms with Crippen LogP contribution < -0.4 is 11.1 Å². The number of rotatable bonds is 7. The molecule has 1 aromatic rings. The molecule has 2 nitrogen and oxygen atoms in total. The second-order valence-corrected chi connectivity index (χ2v) is 5.25. The average molecular weight is 232 g/mol. The summed E-state index contributed by atoms with van der Waals surface area (Å²) in [6.07, 6.45) is 5.00. The van der Waals surface area contributed by atoms with E-state index in [0.717, 1.165) is 24.9 Å². The number of nitrogens with one attached hydrogen (secondary N) is 1. The van der Waals surface area contributed by atoms with Gasteiger partial charge < -0.3 is 11.1 Å². The Bertz CT molecular complexity index is 323. The maximum absolute atomic E-state index is 6.14. The number of hydrogen-bond acceptors (Lipinski definition) is 2. The molecule has 1 fully saturated rings. The normalized spacial score (nSPS) is 24.6. The molecule has 2 rings (SSSR count). The molecule has 0 spiro atoms. The zero-order valence-corrected chi connectivity index (χ0v) is 10.7. The van der Waals surface area contributed by atoms with E-state index in [1.807, 2.05) is 6.07 Å². The fourth-order valence-corrected chi connectivity index (χ4v) is 2.48. The Hall–Kier alpha value is -0.860. The Balaban J connectivity index is 1.64.